The van der Waals surface area contributed by atoms with Crippen molar-refractivity contribution in [2.45, 2.75) is 32.0 Å². The van der Waals surface area contributed by atoms with Gasteiger partial charge in [-0.1, -0.05) is 42.5 Å². The number of furan rings is 1. The average Bonchev–Trinajstić information content (AvgIpc) is 3.46. The fourth-order valence-electron chi connectivity index (χ4n) is 4.17. The number of pyridine rings is 1. The Morgan fingerprint density at radius 1 is 1.06 bits per heavy atom. The summed E-state index contributed by atoms with van der Waals surface area (Å²) in [7, 11) is 0. The topological polar surface area (TPSA) is 83.0 Å². The quantitative estimate of drug-likeness (QED) is 0.327. The van der Waals surface area contributed by atoms with Crippen LogP contribution in [0.5, 0.6) is 0 Å². The van der Waals surface area contributed by atoms with Gasteiger partial charge in [-0.25, -0.2) is 0 Å². The van der Waals surface area contributed by atoms with Crippen molar-refractivity contribution < 1.29 is 9.21 Å². The molecule has 6 heteroatoms. The molecule has 2 aromatic carbocycles. The highest BCUT2D eigenvalue weighted by atomic mass is 16.3. The molecule has 0 bridgehead atoms. The Morgan fingerprint density at radius 3 is 2.76 bits per heavy atom. The predicted octanol–water partition coefficient (Wildman–Crippen LogP) is 4.72. The smallest absolute Gasteiger partial charge is 0.240 e. The van der Waals surface area contributed by atoms with Gasteiger partial charge in [-0.3, -0.25) is 15.1 Å². The van der Waals surface area contributed by atoms with E-state index in [0.717, 1.165) is 38.8 Å². The number of aromatic nitrogens is 2. The van der Waals surface area contributed by atoms with Crippen LogP contribution < -0.4 is 10.6 Å². The first-order valence-electron chi connectivity index (χ1n) is 11.1. The third-order valence-electron chi connectivity index (χ3n) is 6.03. The molecule has 0 fully saturated rings. The molecule has 33 heavy (non-hydrogen) atoms. The summed E-state index contributed by atoms with van der Waals surface area (Å²) in [4.78, 5) is 20.9. The van der Waals surface area contributed by atoms with E-state index in [1.807, 2.05) is 73.8 Å². The van der Waals surface area contributed by atoms with Crippen LogP contribution in [-0.2, 0) is 24.3 Å². The van der Waals surface area contributed by atoms with E-state index in [1.54, 1.807) is 12.4 Å². The highest BCUT2D eigenvalue weighted by Gasteiger charge is 2.34. The zero-order chi connectivity index (χ0) is 22.7. The van der Waals surface area contributed by atoms with Crippen molar-refractivity contribution in [1.82, 2.24) is 20.6 Å². The molecule has 0 radical (unpaired) electrons. The summed E-state index contributed by atoms with van der Waals surface area (Å²) >= 11 is 0. The van der Waals surface area contributed by atoms with Crippen molar-refractivity contribution >= 4 is 27.8 Å². The number of hydrogen-bond donors (Lipinski definition) is 3. The van der Waals surface area contributed by atoms with Crippen molar-refractivity contribution in [3.8, 4) is 0 Å². The number of carbonyl (C=O) groups excluding carboxylic acids is 1. The number of aromatic amines is 1. The number of nitrogens with one attached hydrogen (secondary N) is 3. The first kappa shape index (κ1) is 21.0. The largest absolute Gasteiger partial charge is 0.460 e. The van der Waals surface area contributed by atoms with Crippen molar-refractivity contribution in [3.05, 3.63) is 102 Å². The molecular formula is C27H26N4O2. The maximum atomic E-state index is 13.5. The predicted molar refractivity (Wildman–Crippen MR) is 130 cm³/mol. The van der Waals surface area contributed by atoms with Crippen LogP contribution in [0.25, 0.3) is 21.9 Å². The van der Waals surface area contributed by atoms with Crippen LogP contribution in [0.4, 0.5) is 0 Å². The highest BCUT2D eigenvalue weighted by molar-refractivity contribution is 5.89. The van der Waals surface area contributed by atoms with Gasteiger partial charge in [0.1, 0.15) is 11.3 Å². The number of carbonyl (C=O) groups is 1. The van der Waals surface area contributed by atoms with Gasteiger partial charge in [0.25, 0.3) is 0 Å². The van der Waals surface area contributed by atoms with E-state index in [2.05, 4.69) is 26.7 Å². The second-order valence-corrected chi connectivity index (χ2v) is 8.52. The number of H-pyrrole nitrogens is 1. The second-order valence-electron chi connectivity index (χ2n) is 8.52. The normalized spacial score (nSPS) is 13.2. The number of nitrogens with zero attached hydrogens (tertiary/aromatic N) is 1. The minimum Gasteiger partial charge on any atom is -0.460 e. The van der Waals surface area contributed by atoms with Crippen LogP contribution in [0.2, 0.25) is 0 Å². The molecule has 5 aromatic rings. The molecule has 0 aliphatic rings. The summed E-state index contributed by atoms with van der Waals surface area (Å²) in [5, 5.41) is 8.73. The molecule has 1 unspecified atom stereocenters. The molecular weight excluding hydrogens is 412 g/mol. The standard InChI is InChI=1S/C27H26N4O2/c1-27(26(32)30-16-19-7-6-12-28-15-19,14-21-17-29-24-10-4-3-9-23(21)24)31-18-22-13-20-8-2-5-11-25(20)33-22/h2-13,15,17,29,31H,14,16,18H2,1H3,(H,30,32). The van der Waals surface area contributed by atoms with Crippen molar-refractivity contribution in [1.29, 1.82) is 0 Å². The maximum absolute atomic E-state index is 13.5. The van der Waals surface area contributed by atoms with Gasteiger partial charge in [0.2, 0.25) is 5.91 Å². The van der Waals surface area contributed by atoms with Crippen LogP contribution in [0.1, 0.15) is 23.8 Å². The van der Waals surface area contributed by atoms with E-state index in [-0.39, 0.29) is 5.91 Å². The monoisotopic (exact) mass is 438 g/mol. The Hall–Kier alpha value is -3.90. The molecule has 1 atom stereocenters. The average molecular weight is 439 g/mol. The van der Waals surface area contributed by atoms with Crippen molar-refractivity contribution in [3.63, 3.8) is 0 Å². The molecule has 5 rings (SSSR count). The van der Waals surface area contributed by atoms with E-state index < -0.39 is 5.54 Å². The van der Waals surface area contributed by atoms with Crippen molar-refractivity contribution in [2.24, 2.45) is 0 Å². The SMILES string of the molecule is CC(Cc1c[nH]c2ccccc12)(NCc1cc2ccccc2o1)C(=O)NCc1cccnc1. The fraction of sp³-hybridized carbons (Fsp3) is 0.185. The minimum absolute atomic E-state index is 0.0762. The van der Waals surface area contributed by atoms with E-state index in [1.165, 1.54) is 0 Å². The number of benzene rings is 2. The van der Waals surface area contributed by atoms with Crippen LogP contribution in [0.3, 0.4) is 0 Å². The summed E-state index contributed by atoms with van der Waals surface area (Å²) in [5.41, 5.74) is 3.09. The molecule has 0 saturated heterocycles. The van der Waals surface area contributed by atoms with Gasteiger partial charge >= 0.3 is 0 Å². The first-order valence-corrected chi connectivity index (χ1v) is 11.1. The van der Waals surface area contributed by atoms with Gasteiger partial charge in [-0.05, 0) is 42.3 Å². The molecule has 3 aromatic heterocycles. The highest BCUT2D eigenvalue weighted by Crippen LogP contribution is 2.24. The van der Waals surface area contributed by atoms with Crippen LogP contribution >= 0.6 is 0 Å². The van der Waals surface area contributed by atoms with E-state index in [4.69, 9.17) is 4.42 Å². The molecule has 3 heterocycles. The van der Waals surface area contributed by atoms with Gasteiger partial charge < -0.3 is 14.7 Å². The molecule has 3 N–H and O–H groups in total. The summed E-state index contributed by atoms with van der Waals surface area (Å²) < 4.78 is 5.97. The number of amides is 1. The molecule has 0 saturated carbocycles. The first-order chi connectivity index (χ1) is 16.1. The van der Waals surface area contributed by atoms with Crippen LogP contribution in [0, 0.1) is 0 Å². The Morgan fingerprint density at radius 2 is 1.91 bits per heavy atom. The minimum atomic E-state index is -0.855. The maximum Gasteiger partial charge on any atom is 0.240 e. The van der Waals surface area contributed by atoms with Gasteiger partial charge in [-0.2, -0.15) is 0 Å². The zero-order valence-electron chi connectivity index (χ0n) is 18.5. The van der Waals surface area contributed by atoms with E-state index >= 15 is 0 Å². The number of hydrogen-bond acceptors (Lipinski definition) is 4. The molecule has 0 aliphatic carbocycles. The summed E-state index contributed by atoms with van der Waals surface area (Å²) in [6.07, 6.45) is 6.00. The third-order valence-corrected chi connectivity index (χ3v) is 6.03. The van der Waals surface area contributed by atoms with Crippen LogP contribution in [0.15, 0.2) is 89.7 Å². The lowest BCUT2D eigenvalue weighted by atomic mass is 9.91. The fourth-order valence-corrected chi connectivity index (χ4v) is 4.17. The molecule has 0 aliphatic heterocycles. The summed E-state index contributed by atoms with van der Waals surface area (Å²) in [5.74, 6) is 0.717. The number of fused-ring (bicyclic) bond motifs is 2. The Kier molecular flexibility index (Phi) is 5.67. The van der Waals surface area contributed by atoms with Gasteiger partial charge in [0.05, 0.1) is 12.1 Å². The third kappa shape index (κ3) is 4.52. The van der Waals surface area contributed by atoms with E-state index in [0.29, 0.717) is 19.5 Å². The molecule has 166 valence electrons. The van der Waals surface area contributed by atoms with Gasteiger partial charge in [-0.15, -0.1) is 0 Å². The molecule has 1 amide bonds. The lowest BCUT2D eigenvalue weighted by molar-refractivity contribution is -0.127. The molecule has 0 spiro atoms. The molecule has 6 nitrogen and oxygen atoms in total. The van der Waals surface area contributed by atoms with Crippen molar-refractivity contribution in [2.75, 3.05) is 0 Å². The second kappa shape index (κ2) is 8.92. The Bertz CT molecular complexity index is 1360. The van der Waals surface area contributed by atoms with Crippen LogP contribution in [-0.4, -0.2) is 21.4 Å². The Labute approximate surface area is 192 Å². The summed E-state index contributed by atoms with van der Waals surface area (Å²) in [6, 6.07) is 21.9. The van der Waals surface area contributed by atoms with Gasteiger partial charge in [0, 0.05) is 47.8 Å². The number of rotatable bonds is 8. The lowest BCUT2D eigenvalue weighted by Crippen LogP contribution is -2.55. The van der Waals surface area contributed by atoms with E-state index in [9.17, 15) is 4.79 Å². The zero-order valence-corrected chi connectivity index (χ0v) is 18.5. The Balaban J connectivity index is 1.39. The van der Waals surface area contributed by atoms with Gasteiger partial charge in [0.15, 0.2) is 0 Å². The summed E-state index contributed by atoms with van der Waals surface area (Å²) in [6.45, 7) is 2.80. The number of para-hydroxylation sites is 2. The lowest BCUT2D eigenvalue weighted by Gasteiger charge is -2.29.